The summed E-state index contributed by atoms with van der Waals surface area (Å²) in [4.78, 5) is 24.3. The molecule has 0 bridgehead atoms. The van der Waals surface area contributed by atoms with Crippen LogP contribution in [0.5, 0.6) is 5.75 Å². The second kappa shape index (κ2) is 4.29. The zero-order valence-corrected chi connectivity index (χ0v) is 9.30. The number of carbonyl (C=O) groups excluding carboxylic acids is 2. The molecule has 2 N–H and O–H groups in total. The quantitative estimate of drug-likeness (QED) is 0.596. The lowest BCUT2D eigenvalue weighted by atomic mass is 10.2. The van der Waals surface area contributed by atoms with Crippen molar-refractivity contribution in [3.63, 3.8) is 0 Å². The van der Waals surface area contributed by atoms with E-state index in [0.717, 1.165) is 4.90 Å². The fourth-order valence-electron chi connectivity index (χ4n) is 1.64. The van der Waals surface area contributed by atoms with Crippen molar-refractivity contribution in [2.75, 3.05) is 6.54 Å². The Balaban J connectivity index is 2.30. The minimum Gasteiger partial charge on any atom is -0.508 e. The molecule has 1 heterocycles. The van der Waals surface area contributed by atoms with Gasteiger partial charge in [-0.2, -0.15) is 0 Å². The van der Waals surface area contributed by atoms with Gasteiger partial charge < -0.3 is 10.4 Å². The molecule has 5 nitrogen and oxygen atoms in total. The van der Waals surface area contributed by atoms with Crippen LogP contribution in [0.1, 0.15) is 12.5 Å². The number of phenols is 1. The Kier molecular flexibility index (Phi) is 2.82. The largest absolute Gasteiger partial charge is 0.508 e. The molecule has 1 aromatic carbocycles. The summed E-state index contributed by atoms with van der Waals surface area (Å²) in [7, 11) is 0. The van der Waals surface area contributed by atoms with E-state index >= 15 is 0 Å². The molecule has 1 saturated heterocycles. The van der Waals surface area contributed by atoms with E-state index in [-0.39, 0.29) is 17.4 Å². The summed E-state index contributed by atoms with van der Waals surface area (Å²) >= 11 is 0. The summed E-state index contributed by atoms with van der Waals surface area (Å²) in [6, 6.07) is 6.04. The van der Waals surface area contributed by atoms with Gasteiger partial charge in [-0.15, -0.1) is 0 Å². The molecule has 1 aliphatic rings. The van der Waals surface area contributed by atoms with Crippen molar-refractivity contribution in [3.8, 4) is 5.75 Å². The van der Waals surface area contributed by atoms with Crippen LogP contribution in [0.15, 0.2) is 30.0 Å². The van der Waals surface area contributed by atoms with Crippen LogP contribution in [-0.4, -0.2) is 28.5 Å². The van der Waals surface area contributed by atoms with Gasteiger partial charge in [-0.25, -0.2) is 4.79 Å². The third kappa shape index (κ3) is 2.13. The molecule has 0 aliphatic carbocycles. The molecule has 0 saturated carbocycles. The van der Waals surface area contributed by atoms with Crippen LogP contribution in [0.3, 0.4) is 0 Å². The molecular weight excluding hydrogens is 220 g/mol. The van der Waals surface area contributed by atoms with Crippen LogP contribution in [0.2, 0.25) is 0 Å². The van der Waals surface area contributed by atoms with Crippen molar-refractivity contribution < 1.29 is 14.7 Å². The van der Waals surface area contributed by atoms with Crippen LogP contribution in [0.4, 0.5) is 4.79 Å². The van der Waals surface area contributed by atoms with Crippen molar-refractivity contribution in [2.24, 2.45) is 0 Å². The maximum atomic E-state index is 11.7. The lowest BCUT2D eigenvalue weighted by Crippen LogP contribution is -2.30. The number of amides is 3. The van der Waals surface area contributed by atoms with Crippen molar-refractivity contribution in [3.05, 3.63) is 35.5 Å². The Labute approximate surface area is 98.4 Å². The van der Waals surface area contributed by atoms with Gasteiger partial charge in [0.15, 0.2) is 0 Å². The number of nitrogens with zero attached hydrogens (tertiary/aromatic N) is 1. The van der Waals surface area contributed by atoms with Crippen LogP contribution in [-0.2, 0) is 4.79 Å². The number of phenolic OH excluding ortho intramolecular Hbond substituents is 1. The number of urea groups is 1. The van der Waals surface area contributed by atoms with Crippen LogP contribution in [0, 0.1) is 0 Å². The van der Waals surface area contributed by atoms with Gasteiger partial charge in [-0.1, -0.05) is 12.1 Å². The van der Waals surface area contributed by atoms with Crippen molar-refractivity contribution in [1.82, 2.24) is 10.2 Å². The number of aromatic hydroxyl groups is 1. The number of hydrogen-bond donors (Lipinski definition) is 2. The molecule has 88 valence electrons. The number of rotatable bonds is 2. The first kappa shape index (κ1) is 11.2. The van der Waals surface area contributed by atoms with E-state index < -0.39 is 6.03 Å². The SMILES string of the molecule is CCN1C(=O)N/C(=C\c2cccc(O)c2)C1=O. The lowest BCUT2D eigenvalue weighted by Gasteiger charge is -2.06. The van der Waals surface area contributed by atoms with E-state index in [9.17, 15) is 14.7 Å². The van der Waals surface area contributed by atoms with E-state index in [2.05, 4.69) is 5.32 Å². The number of benzene rings is 1. The first-order valence-electron chi connectivity index (χ1n) is 5.25. The number of hydrogen-bond acceptors (Lipinski definition) is 3. The van der Waals surface area contributed by atoms with Gasteiger partial charge in [-0.3, -0.25) is 9.69 Å². The highest BCUT2D eigenvalue weighted by Gasteiger charge is 2.31. The van der Waals surface area contributed by atoms with Crippen LogP contribution < -0.4 is 5.32 Å². The fourth-order valence-corrected chi connectivity index (χ4v) is 1.64. The average Bonchev–Trinajstić information content (AvgIpc) is 2.54. The van der Waals surface area contributed by atoms with E-state index in [4.69, 9.17) is 0 Å². The molecule has 5 heteroatoms. The van der Waals surface area contributed by atoms with Gasteiger partial charge in [-0.05, 0) is 30.7 Å². The summed E-state index contributed by atoms with van der Waals surface area (Å²) in [6.45, 7) is 2.07. The monoisotopic (exact) mass is 232 g/mol. The summed E-state index contributed by atoms with van der Waals surface area (Å²) in [5, 5.41) is 11.8. The lowest BCUT2D eigenvalue weighted by molar-refractivity contribution is -0.122. The molecule has 0 spiro atoms. The van der Waals surface area contributed by atoms with Gasteiger partial charge in [0.25, 0.3) is 5.91 Å². The predicted molar refractivity (Wildman–Crippen MR) is 62.0 cm³/mol. The summed E-state index contributed by atoms with van der Waals surface area (Å²) < 4.78 is 0. The van der Waals surface area contributed by atoms with Gasteiger partial charge in [0.05, 0.1) is 0 Å². The maximum absolute atomic E-state index is 11.7. The highest BCUT2D eigenvalue weighted by molar-refractivity contribution is 6.13. The summed E-state index contributed by atoms with van der Waals surface area (Å²) in [6.07, 6.45) is 1.54. The molecule has 0 atom stereocenters. The predicted octanol–water partition coefficient (Wildman–Crippen LogP) is 1.30. The van der Waals surface area contributed by atoms with Gasteiger partial charge in [0, 0.05) is 6.54 Å². The zero-order valence-electron chi connectivity index (χ0n) is 9.30. The molecule has 1 aromatic rings. The number of carbonyl (C=O) groups is 2. The zero-order chi connectivity index (χ0) is 12.4. The van der Waals surface area contributed by atoms with E-state index in [1.165, 1.54) is 18.2 Å². The Morgan fingerprint density at radius 2 is 2.18 bits per heavy atom. The van der Waals surface area contributed by atoms with Gasteiger partial charge in [0.2, 0.25) is 0 Å². The average molecular weight is 232 g/mol. The molecule has 1 fully saturated rings. The fraction of sp³-hybridized carbons (Fsp3) is 0.167. The van der Waals surface area contributed by atoms with Crippen LogP contribution >= 0.6 is 0 Å². The highest BCUT2D eigenvalue weighted by Crippen LogP contribution is 2.16. The van der Waals surface area contributed by atoms with E-state index in [0.29, 0.717) is 12.1 Å². The van der Waals surface area contributed by atoms with Crippen molar-refractivity contribution in [1.29, 1.82) is 0 Å². The number of imide groups is 1. The van der Waals surface area contributed by atoms with Crippen molar-refractivity contribution >= 4 is 18.0 Å². The van der Waals surface area contributed by atoms with E-state index in [1.807, 2.05) is 0 Å². The van der Waals surface area contributed by atoms with Gasteiger partial charge >= 0.3 is 6.03 Å². The summed E-state index contributed by atoms with van der Waals surface area (Å²) in [5.41, 5.74) is 0.883. The number of likely N-dealkylation sites (N-methyl/N-ethyl adjacent to an activating group) is 1. The maximum Gasteiger partial charge on any atom is 0.328 e. The van der Waals surface area contributed by atoms with E-state index in [1.54, 1.807) is 19.1 Å². The van der Waals surface area contributed by atoms with Crippen molar-refractivity contribution in [2.45, 2.75) is 6.92 Å². The molecular formula is C12H12N2O3. The van der Waals surface area contributed by atoms with Gasteiger partial charge in [0.1, 0.15) is 11.4 Å². The normalized spacial score (nSPS) is 17.7. The van der Waals surface area contributed by atoms with Crippen LogP contribution in [0.25, 0.3) is 6.08 Å². The smallest absolute Gasteiger partial charge is 0.328 e. The third-order valence-electron chi connectivity index (χ3n) is 2.46. The Morgan fingerprint density at radius 1 is 1.41 bits per heavy atom. The third-order valence-corrected chi connectivity index (χ3v) is 2.46. The number of nitrogens with one attached hydrogen (secondary N) is 1. The summed E-state index contributed by atoms with van der Waals surface area (Å²) in [5.74, 6) is -0.232. The molecule has 0 aromatic heterocycles. The molecule has 0 unspecified atom stereocenters. The second-order valence-electron chi connectivity index (χ2n) is 3.63. The minimum atomic E-state index is -0.413. The standard InChI is InChI=1S/C12H12N2O3/c1-2-14-11(16)10(13-12(14)17)7-8-4-3-5-9(15)6-8/h3-7,15H,2H2,1H3,(H,13,17)/b10-7-. The first-order chi connectivity index (χ1) is 8.11. The Bertz CT molecular complexity index is 508. The highest BCUT2D eigenvalue weighted by atomic mass is 16.3. The topological polar surface area (TPSA) is 69.6 Å². The molecule has 1 aliphatic heterocycles. The Morgan fingerprint density at radius 3 is 2.76 bits per heavy atom. The second-order valence-corrected chi connectivity index (χ2v) is 3.63. The molecule has 3 amide bonds. The Hall–Kier alpha value is -2.30. The molecule has 17 heavy (non-hydrogen) atoms. The minimum absolute atomic E-state index is 0.114. The first-order valence-corrected chi connectivity index (χ1v) is 5.25. The molecule has 2 rings (SSSR count). The molecule has 0 radical (unpaired) electrons.